The highest BCUT2D eigenvalue weighted by molar-refractivity contribution is 5.40. The van der Waals surface area contributed by atoms with Crippen LogP contribution in [-0.2, 0) is 6.54 Å². The van der Waals surface area contributed by atoms with Crippen LogP contribution in [0.3, 0.4) is 0 Å². The maximum absolute atomic E-state index is 5.57. The molecule has 1 aromatic rings. The molecule has 2 atom stereocenters. The van der Waals surface area contributed by atoms with E-state index >= 15 is 0 Å². The van der Waals surface area contributed by atoms with E-state index in [0.29, 0.717) is 18.6 Å². The number of anilines is 1. The summed E-state index contributed by atoms with van der Waals surface area (Å²) in [4.78, 5) is 5.05. The molecule has 0 aromatic carbocycles. The maximum atomic E-state index is 5.57. The fourth-order valence-corrected chi connectivity index (χ4v) is 3.29. The molecule has 0 aliphatic carbocycles. The molecule has 2 fully saturated rings. The van der Waals surface area contributed by atoms with Crippen molar-refractivity contribution in [3.63, 3.8) is 0 Å². The summed E-state index contributed by atoms with van der Waals surface area (Å²) in [6, 6.07) is 5.25. The van der Waals surface area contributed by atoms with Crippen molar-refractivity contribution in [2.75, 3.05) is 24.5 Å². The molecule has 2 aliphatic heterocycles. The van der Waals surface area contributed by atoms with Gasteiger partial charge in [0.15, 0.2) is 5.82 Å². The first-order valence-electron chi connectivity index (χ1n) is 7.31. The minimum Gasteiger partial charge on any atom is -0.350 e. The van der Waals surface area contributed by atoms with Gasteiger partial charge in [0.05, 0.1) is 5.69 Å². The van der Waals surface area contributed by atoms with Crippen LogP contribution >= 0.6 is 0 Å². The lowest BCUT2D eigenvalue weighted by Crippen LogP contribution is -2.59. The third kappa shape index (κ3) is 2.58. The van der Waals surface area contributed by atoms with Gasteiger partial charge in [-0.3, -0.25) is 4.90 Å². The van der Waals surface area contributed by atoms with Crippen molar-refractivity contribution in [1.82, 2.24) is 15.1 Å². The number of hydrogen-bond donors (Lipinski definition) is 1. The van der Waals surface area contributed by atoms with Crippen LogP contribution in [0, 0.1) is 0 Å². The average Bonchev–Trinajstić information content (AvgIpc) is 2.47. The molecule has 104 valence electrons. The van der Waals surface area contributed by atoms with Crippen LogP contribution in [0.5, 0.6) is 0 Å². The van der Waals surface area contributed by atoms with E-state index in [9.17, 15) is 0 Å². The summed E-state index contributed by atoms with van der Waals surface area (Å²) >= 11 is 0. The van der Waals surface area contributed by atoms with Gasteiger partial charge >= 0.3 is 0 Å². The van der Waals surface area contributed by atoms with Gasteiger partial charge in [0.25, 0.3) is 0 Å². The summed E-state index contributed by atoms with van der Waals surface area (Å²) in [5.41, 5.74) is 6.42. The van der Waals surface area contributed by atoms with Gasteiger partial charge < -0.3 is 10.6 Å². The normalized spacial score (nSPS) is 28.2. The Morgan fingerprint density at radius 3 is 2.89 bits per heavy atom. The third-order valence-electron chi connectivity index (χ3n) is 4.40. The Morgan fingerprint density at radius 1 is 1.26 bits per heavy atom. The number of nitrogens with two attached hydrogens (primary N) is 1. The first kappa shape index (κ1) is 12.8. The highest BCUT2D eigenvalue weighted by atomic mass is 15.3. The summed E-state index contributed by atoms with van der Waals surface area (Å²) in [6.07, 6.45) is 4.03. The van der Waals surface area contributed by atoms with Gasteiger partial charge in [0.2, 0.25) is 0 Å². The standard InChI is InChI=1S/C14H23N5/c1-11-9-18-7-3-2-4-13(18)10-19(11)14-6-5-12(8-15)16-17-14/h5-6,11,13H,2-4,7-10,15H2,1H3. The zero-order valence-electron chi connectivity index (χ0n) is 11.6. The van der Waals surface area contributed by atoms with E-state index in [2.05, 4.69) is 33.0 Å². The molecular weight excluding hydrogens is 238 g/mol. The van der Waals surface area contributed by atoms with Gasteiger partial charge in [0.1, 0.15) is 0 Å². The van der Waals surface area contributed by atoms with Crippen molar-refractivity contribution in [3.8, 4) is 0 Å². The van der Waals surface area contributed by atoms with Gasteiger partial charge in [-0.05, 0) is 38.4 Å². The number of fused-ring (bicyclic) bond motifs is 1. The predicted octanol–water partition coefficient (Wildman–Crippen LogP) is 0.998. The van der Waals surface area contributed by atoms with Crippen molar-refractivity contribution in [3.05, 3.63) is 17.8 Å². The first-order chi connectivity index (χ1) is 9.28. The highest BCUT2D eigenvalue weighted by Gasteiger charge is 2.33. The summed E-state index contributed by atoms with van der Waals surface area (Å²) in [5.74, 6) is 0.995. The Labute approximate surface area is 114 Å². The molecule has 1 aromatic heterocycles. The first-order valence-corrected chi connectivity index (χ1v) is 7.31. The molecule has 0 radical (unpaired) electrons. The molecule has 2 unspecified atom stereocenters. The van der Waals surface area contributed by atoms with Crippen LogP contribution in [-0.4, -0.2) is 46.8 Å². The minimum atomic E-state index is 0.458. The molecule has 0 amide bonds. The topological polar surface area (TPSA) is 58.3 Å². The van der Waals surface area contributed by atoms with E-state index in [1.165, 1.54) is 25.8 Å². The van der Waals surface area contributed by atoms with E-state index in [4.69, 9.17) is 5.73 Å². The van der Waals surface area contributed by atoms with Gasteiger partial charge in [-0.1, -0.05) is 6.42 Å². The van der Waals surface area contributed by atoms with E-state index in [0.717, 1.165) is 24.6 Å². The molecule has 0 bridgehead atoms. The fraction of sp³-hybridized carbons (Fsp3) is 0.714. The fourth-order valence-electron chi connectivity index (χ4n) is 3.29. The van der Waals surface area contributed by atoms with Crippen molar-refractivity contribution < 1.29 is 0 Å². The predicted molar refractivity (Wildman–Crippen MR) is 75.9 cm³/mol. The van der Waals surface area contributed by atoms with Crippen LogP contribution in [0.25, 0.3) is 0 Å². The summed E-state index contributed by atoms with van der Waals surface area (Å²) in [7, 11) is 0. The second kappa shape index (κ2) is 5.43. The van der Waals surface area contributed by atoms with E-state index in [1.807, 2.05) is 6.07 Å². The number of aromatic nitrogens is 2. The lowest BCUT2D eigenvalue weighted by atomic mass is 9.97. The van der Waals surface area contributed by atoms with Crippen LogP contribution in [0.2, 0.25) is 0 Å². The van der Waals surface area contributed by atoms with Crippen molar-refractivity contribution in [1.29, 1.82) is 0 Å². The number of hydrogen-bond acceptors (Lipinski definition) is 5. The zero-order chi connectivity index (χ0) is 13.2. The molecular formula is C14H23N5. The zero-order valence-corrected chi connectivity index (χ0v) is 11.6. The second-order valence-electron chi connectivity index (χ2n) is 5.73. The molecule has 19 heavy (non-hydrogen) atoms. The molecule has 2 N–H and O–H groups in total. The molecule has 5 nitrogen and oxygen atoms in total. The lowest BCUT2D eigenvalue weighted by molar-refractivity contribution is 0.115. The highest BCUT2D eigenvalue weighted by Crippen LogP contribution is 2.26. The smallest absolute Gasteiger partial charge is 0.151 e. The Bertz CT molecular complexity index is 418. The molecule has 0 spiro atoms. The minimum absolute atomic E-state index is 0.458. The molecule has 0 saturated carbocycles. The lowest BCUT2D eigenvalue weighted by Gasteiger charge is -2.47. The van der Waals surface area contributed by atoms with Gasteiger partial charge in [-0.25, -0.2) is 0 Å². The summed E-state index contributed by atoms with van der Waals surface area (Å²) in [5, 5.41) is 8.52. The Morgan fingerprint density at radius 2 is 2.16 bits per heavy atom. The molecule has 2 saturated heterocycles. The number of piperazine rings is 1. The van der Waals surface area contributed by atoms with Crippen molar-refractivity contribution in [2.24, 2.45) is 5.73 Å². The van der Waals surface area contributed by atoms with Crippen LogP contribution in [0.15, 0.2) is 12.1 Å². The Kier molecular flexibility index (Phi) is 3.66. The molecule has 3 rings (SSSR count). The van der Waals surface area contributed by atoms with Crippen LogP contribution in [0.1, 0.15) is 31.9 Å². The number of rotatable bonds is 2. The molecule has 2 aliphatic rings. The second-order valence-corrected chi connectivity index (χ2v) is 5.73. The maximum Gasteiger partial charge on any atom is 0.151 e. The third-order valence-corrected chi connectivity index (χ3v) is 4.40. The van der Waals surface area contributed by atoms with Crippen LogP contribution in [0.4, 0.5) is 5.82 Å². The van der Waals surface area contributed by atoms with Crippen molar-refractivity contribution in [2.45, 2.75) is 44.8 Å². The SMILES string of the molecule is CC1CN2CCCCC2CN1c1ccc(CN)nn1. The van der Waals surface area contributed by atoms with E-state index in [1.54, 1.807) is 0 Å². The van der Waals surface area contributed by atoms with Crippen molar-refractivity contribution >= 4 is 5.82 Å². The van der Waals surface area contributed by atoms with Gasteiger partial charge in [-0.15, -0.1) is 5.10 Å². The Hall–Kier alpha value is -1.20. The van der Waals surface area contributed by atoms with E-state index in [-0.39, 0.29) is 0 Å². The van der Waals surface area contributed by atoms with E-state index < -0.39 is 0 Å². The van der Waals surface area contributed by atoms with Gasteiger partial charge in [-0.2, -0.15) is 5.10 Å². The van der Waals surface area contributed by atoms with Gasteiger partial charge in [0, 0.05) is 31.7 Å². The monoisotopic (exact) mass is 261 g/mol. The Balaban J connectivity index is 1.75. The average molecular weight is 261 g/mol. The summed E-state index contributed by atoms with van der Waals surface area (Å²) < 4.78 is 0. The number of nitrogens with zero attached hydrogens (tertiary/aromatic N) is 4. The summed E-state index contributed by atoms with van der Waals surface area (Å²) in [6.45, 7) is 6.23. The largest absolute Gasteiger partial charge is 0.350 e. The number of piperidine rings is 1. The quantitative estimate of drug-likeness (QED) is 0.860. The van der Waals surface area contributed by atoms with Crippen LogP contribution < -0.4 is 10.6 Å². The molecule has 5 heteroatoms. The molecule has 3 heterocycles.